The van der Waals surface area contributed by atoms with Crippen LogP contribution in [0.25, 0.3) is 0 Å². The number of benzene rings is 1. The highest BCUT2D eigenvalue weighted by Crippen LogP contribution is 2.18. The number of rotatable bonds is 6. The van der Waals surface area contributed by atoms with Gasteiger partial charge in [-0.15, -0.1) is 0 Å². The molecule has 0 bridgehead atoms. The molecule has 0 saturated carbocycles. The van der Waals surface area contributed by atoms with E-state index in [1.54, 1.807) is 30.3 Å². The molecule has 108 valence electrons. The van der Waals surface area contributed by atoms with Crippen LogP contribution in [0.15, 0.2) is 30.3 Å². The fourth-order valence-corrected chi connectivity index (χ4v) is 2.20. The molecule has 1 rings (SSSR count). The van der Waals surface area contributed by atoms with E-state index < -0.39 is 8.25 Å². The Morgan fingerprint density at radius 1 is 1.00 bits per heavy atom. The Morgan fingerprint density at radius 2 is 1.42 bits per heavy atom. The molecular weight excluding hydrogens is 261 g/mol. The molecule has 0 radical (unpaired) electrons. The van der Waals surface area contributed by atoms with E-state index in [0.717, 1.165) is 0 Å². The normalized spacial score (nSPS) is 11.3. The lowest BCUT2D eigenvalue weighted by Gasteiger charge is -2.34. The summed E-state index contributed by atoms with van der Waals surface area (Å²) in [5.74, 6) is 0.346. The number of hydrogen-bond donors (Lipinski definition) is 0. The maximum Gasteiger partial charge on any atom is 0.539 e. The molecule has 0 saturated heterocycles. The molecule has 5 heteroatoms. The molecule has 1 unspecified atom stereocenters. The Hall–Kier alpha value is -0.960. The molecule has 19 heavy (non-hydrogen) atoms. The van der Waals surface area contributed by atoms with Crippen molar-refractivity contribution in [1.82, 2.24) is 0 Å². The Labute approximate surface area is 117 Å². The van der Waals surface area contributed by atoms with Crippen molar-refractivity contribution in [2.24, 2.45) is 0 Å². The Bertz CT molecular complexity index is 335. The third-order valence-corrected chi connectivity index (χ3v) is 3.97. The number of nitrogens with zero attached hydrogens (tertiary/aromatic N) is 1. The highest BCUT2D eigenvalue weighted by Gasteiger charge is 2.16. The molecule has 1 aromatic rings. The second kappa shape index (κ2) is 9.90. The second-order valence-corrected chi connectivity index (χ2v) is 4.86. The monoisotopic (exact) mass is 286 g/mol. The Morgan fingerprint density at radius 3 is 1.68 bits per heavy atom. The zero-order valence-electron chi connectivity index (χ0n) is 12.3. The van der Waals surface area contributed by atoms with E-state index in [2.05, 4.69) is 32.2 Å². The lowest BCUT2D eigenvalue weighted by molar-refractivity contribution is -0.921. The van der Waals surface area contributed by atoms with Gasteiger partial charge in [0.25, 0.3) is 0 Å². The lowest BCUT2D eigenvalue weighted by Crippen LogP contribution is -2.47. The molecule has 0 fully saturated rings. The van der Waals surface area contributed by atoms with Crippen LogP contribution in [0, 0.1) is 0 Å². The number of para-hydroxylation sites is 1. The average molecular weight is 286 g/mol. The van der Waals surface area contributed by atoms with Gasteiger partial charge in [0.1, 0.15) is 0 Å². The van der Waals surface area contributed by atoms with E-state index in [9.17, 15) is 9.46 Å². The molecule has 0 aromatic heterocycles. The fourth-order valence-electron chi connectivity index (χ4n) is 1.91. The molecule has 0 aliphatic carbocycles. The van der Waals surface area contributed by atoms with E-state index in [-0.39, 0.29) is 0 Å². The molecule has 1 aromatic carbocycles. The zero-order valence-corrected chi connectivity index (χ0v) is 13.2. The first kappa shape index (κ1) is 18.0. The van der Waals surface area contributed by atoms with Crippen LogP contribution in [0.1, 0.15) is 27.7 Å². The van der Waals surface area contributed by atoms with Crippen molar-refractivity contribution in [3.8, 4) is 5.75 Å². The fraction of sp³-hybridized carbons (Fsp3) is 0.571. The van der Waals surface area contributed by atoms with E-state index in [0.29, 0.717) is 5.75 Å². The van der Waals surface area contributed by atoms with Crippen molar-refractivity contribution in [1.29, 1.82) is 0 Å². The largest absolute Gasteiger partial charge is 0.558 e. The first-order chi connectivity index (χ1) is 9.03. The van der Waals surface area contributed by atoms with E-state index >= 15 is 0 Å². The van der Waals surface area contributed by atoms with E-state index in [1.807, 2.05) is 0 Å². The third kappa shape index (κ3) is 7.26. The van der Waals surface area contributed by atoms with Crippen molar-refractivity contribution in [2.45, 2.75) is 27.7 Å². The minimum atomic E-state index is -2.78. The molecule has 0 aliphatic heterocycles. The second-order valence-electron chi connectivity index (χ2n) is 4.23. The van der Waals surface area contributed by atoms with Gasteiger partial charge < -0.3 is 9.38 Å². The van der Waals surface area contributed by atoms with Crippen LogP contribution in [0.2, 0.25) is 0 Å². The molecule has 0 amide bonds. The van der Waals surface area contributed by atoms with Gasteiger partial charge in [0.05, 0.1) is 26.2 Å². The van der Waals surface area contributed by atoms with Crippen LogP contribution in [0.3, 0.4) is 0 Å². The summed E-state index contributed by atoms with van der Waals surface area (Å²) in [5, 5.41) is 0. The van der Waals surface area contributed by atoms with E-state index in [4.69, 9.17) is 0 Å². The maximum atomic E-state index is 9.98. The van der Waals surface area contributed by atoms with Crippen LogP contribution in [-0.2, 0) is 4.57 Å². The average Bonchev–Trinajstić information content (AvgIpc) is 2.43. The summed E-state index contributed by atoms with van der Waals surface area (Å²) in [6.45, 7) is 14.2. The van der Waals surface area contributed by atoms with Crippen LogP contribution < -0.4 is 9.42 Å². The van der Waals surface area contributed by atoms with E-state index in [1.165, 1.54) is 30.7 Å². The summed E-state index contributed by atoms with van der Waals surface area (Å²) in [5.41, 5.74) is 0. The van der Waals surface area contributed by atoms with Crippen molar-refractivity contribution in [2.75, 3.05) is 26.2 Å². The lowest BCUT2D eigenvalue weighted by atomic mass is 10.3. The van der Waals surface area contributed by atoms with Gasteiger partial charge in [-0.3, -0.25) is 4.52 Å². The van der Waals surface area contributed by atoms with Crippen molar-refractivity contribution >= 4 is 8.25 Å². The van der Waals surface area contributed by atoms with Gasteiger partial charge in [0.2, 0.25) is 0 Å². The zero-order chi connectivity index (χ0) is 14.7. The van der Waals surface area contributed by atoms with Crippen LogP contribution >= 0.6 is 8.25 Å². The summed E-state index contributed by atoms with van der Waals surface area (Å²) in [6, 6.07) is 8.34. The quantitative estimate of drug-likeness (QED) is 0.596. The summed E-state index contributed by atoms with van der Waals surface area (Å²) in [4.78, 5) is 9.98. The van der Waals surface area contributed by atoms with Gasteiger partial charge in [0, 0.05) is 0 Å². The first-order valence-corrected chi connectivity index (χ1v) is 7.85. The smallest absolute Gasteiger partial charge is 0.539 e. The summed E-state index contributed by atoms with van der Waals surface area (Å²) in [6.07, 6.45) is 0. The van der Waals surface area contributed by atoms with Crippen LogP contribution in [0.4, 0.5) is 0 Å². The van der Waals surface area contributed by atoms with Gasteiger partial charge in [-0.1, -0.05) is 18.2 Å². The third-order valence-electron chi connectivity index (χ3n) is 3.61. The Balaban J connectivity index is 0.000000344. The number of hydrogen-bond acceptors (Lipinski definition) is 3. The van der Waals surface area contributed by atoms with Crippen molar-refractivity contribution < 1.29 is 18.5 Å². The molecule has 1 atom stereocenters. The molecule has 0 N–H and O–H groups in total. The minimum Gasteiger partial charge on any atom is -0.558 e. The first-order valence-electron chi connectivity index (χ1n) is 6.76. The van der Waals surface area contributed by atoms with Gasteiger partial charge in [0.15, 0.2) is 5.75 Å². The molecular formula is C14H25NO3P+. The maximum absolute atomic E-state index is 9.98. The van der Waals surface area contributed by atoms with Gasteiger partial charge in [-0.05, 0) is 44.4 Å². The highest BCUT2D eigenvalue weighted by molar-refractivity contribution is 7.31. The van der Waals surface area contributed by atoms with Gasteiger partial charge in [-0.25, -0.2) is 0 Å². The van der Waals surface area contributed by atoms with Crippen LogP contribution in [0.5, 0.6) is 5.75 Å². The minimum absolute atomic E-state index is 0.346. The number of quaternary nitrogens is 1. The molecule has 0 heterocycles. The predicted molar refractivity (Wildman–Crippen MR) is 77.1 cm³/mol. The standard InChI is InChI=1S/C8H20N.C6H5O3P/c1-5-9(6-2,7-3)8-4;7-10(8)9-6-4-2-1-3-5-6/h5-8H2,1-4H3;1-5H/q+1;. The summed E-state index contributed by atoms with van der Waals surface area (Å²) < 4.78 is 15.6. The van der Waals surface area contributed by atoms with Crippen molar-refractivity contribution in [3.05, 3.63) is 30.3 Å². The predicted octanol–water partition coefficient (Wildman–Crippen LogP) is 2.97. The summed E-state index contributed by atoms with van der Waals surface area (Å²) >= 11 is 0. The van der Waals surface area contributed by atoms with Crippen LogP contribution in [-0.4, -0.2) is 30.7 Å². The summed E-state index contributed by atoms with van der Waals surface area (Å²) in [7, 11) is -2.78. The van der Waals surface area contributed by atoms with Gasteiger partial charge in [-0.2, -0.15) is 0 Å². The SMILES string of the molecule is CC[N+](CC)(CC)CC.O=[P+]([O-])Oc1ccccc1. The molecule has 0 spiro atoms. The van der Waals surface area contributed by atoms with Gasteiger partial charge >= 0.3 is 8.25 Å². The molecule has 0 aliphatic rings. The molecule has 4 nitrogen and oxygen atoms in total. The highest BCUT2D eigenvalue weighted by atomic mass is 31.1. The Kier molecular flexibility index (Phi) is 9.40. The van der Waals surface area contributed by atoms with Crippen molar-refractivity contribution in [3.63, 3.8) is 0 Å². The topological polar surface area (TPSA) is 49.4 Å².